The van der Waals surface area contributed by atoms with Gasteiger partial charge in [0.25, 0.3) is 0 Å². The lowest BCUT2D eigenvalue weighted by molar-refractivity contribution is -0.136. The van der Waals surface area contributed by atoms with Gasteiger partial charge in [0.15, 0.2) is 0 Å². The molecule has 0 bridgehead atoms. The fraction of sp³-hybridized carbons (Fsp3) is 0.429. The minimum absolute atomic E-state index is 0.158. The molecule has 66 valence electrons. The van der Waals surface area contributed by atoms with Gasteiger partial charge in [-0.2, -0.15) is 0 Å². The van der Waals surface area contributed by atoms with E-state index in [1.165, 1.54) is 0 Å². The number of nitrogens with zero attached hydrogens (tertiary/aromatic N) is 1. The molecule has 1 aromatic rings. The van der Waals surface area contributed by atoms with Crippen molar-refractivity contribution in [3.05, 3.63) is 16.1 Å². The van der Waals surface area contributed by atoms with Crippen LogP contribution in [0.3, 0.4) is 0 Å². The van der Waals surface area contributed by atoms with E-state index in [0.717, 1.165) is 16.0 Å². The van der Waals surface area contributed by atoms with Crippen LogP contribution in [-0.4, -0.2) is 16.1 Å². The van der Waals surface area contributed by atoms with Crippen molar-refractivity contribution >= 4 is 33.2 Å². The maximum absolute atomic E-state index is 10.2. The molecule has 1 aromatic heterocycles. The van der Waals surface area contributed by atoms with Crippen LogP contribution in [0.15, 0.2) is 5.38 Å². The standard InChI is InChI=1S/C7H8BrNO2S/c8-3-6-9-5(4-12-6)1-2-7(10)11/h4H,1-3H2,(H,10,11). The normalized spacial score (nSPS) is 10.1. The summed E-state index contributed by atoms with van der Waals surface area (Å²) in [5, 5.41) is 12.0. The summed E-state index contributed by atoms with van der Waals surface area (Å²) in [7, 11) is 0. The number of carboxylic acids is 1. The van der Waals surface area contributed by atoms with Crippen LogP contribution >= 0.6 is 27.3 Å². The molecular formula is C7H8BrNO2S. The fourth-order valence-electron chi connectivity index (χ4n) is 0.760. The van der Waals surface area contributed by atoms with Crippen LogP contribution in [0, 0.1) is 0 Å². The average Bonchev–Trinajstić information content (AvgIpc) is 2.48. The van der Waals surface area contributed by atoms with E-state index in [0.29, 0.717) is 6.42 Å². The number of thiazole rings is 1. The van der Waals surface area contributed by atoms with Gasteiger partial charge in [-0.15, -0.1) is 11.3 Å². The number of aromatic nitrogens is 1. The van der Waals surface area contributed by atoms with Crippen LogP contribution in [0.1, 0.15) is 17.1 Å². The molecule has 3 nitrogen and oxygen atoms in total. The SMILES string of the molecule is O=C(O)CCc1csc(CBr)n1. The lowest BCUT2D eigenvalue weighted by atomic mass is 10.2. The number of alkyl halides is 1. The molecule has 0 saturated heterocycles. The van der Waals surface area contributed by atoms with Crippen molar-refractivity contribution in [2.45, 2.75) is 18.2 Å². The largest absolute Gasteiger partial charge is 0.481 e. The summed E-state index contributed by atoms with van der Waals surface area (Å²) in [6, 6.07) is 0. The maximum atomic E-state index is 10.2. The Morgan fingerprint density at radius 1 is 1.75 bits per heavy atom. The Labute approximate surface area is 82.6 Å². The molecular weight excluding hydrogens is 242 g/mol. The molecule has 1 heterocycles. The first-order valence-corrected chi connectivity index (χ1v) is 5.43. The third kappa shape index (κ3) is 2.91. The second-order valence-corrected chi connectivity index (χ2v) is 3.76. The zero-order valence-electron chi connectivity index (χ0n) is 6.29. The van der Waals surface area contributed by atoms with Gasteiger partial charge in [-0.1, -0.05) is 15.9 Å². The van der Waals surface area contributed by atoms with E-state index in [2.05, 4.69) is 20.9 Å². The zero-order valence-corrected chi connectivity index (χ0v) is 8.69. The third-order valence-corrected chi connectivity index (χ3v) is 3.11. The van der Waals surface area contributed by atoms with Crippen LogP contribution in [0.25, 0.3) is 0 Å². The van der Waals surface area contributed by atoms with Gasteiger partial charge in [0.2, 0.25) is 0 Å². The van der Waals surface area contributed by atoms with Crippen molar-refractivity contribution in [1.29, 1.82) is 0 Å². The number of hydrogen-bond donors (Lipinski definition) is 1. The first-order valence-electron chi connectivity index (χ1n) is 3.43. The van der Waals surface area contributed by atoms with E-state index in [4.69, 9.17) is 5.11 Å². The summed E-state index contributed by atoms with van der Waals surface area (Å²) in [6.07, 6.45) is 0.685. The van der Waals surface area contributed by atoms with E-state index in [9.17, 15) is 4.79 Å². The van der Waals surface area contributed by atoms with Crippen molar-refractivity contribution in [3.63, 3.8) is 0 Å². The van der Waals surface area contributed by atoms with Crippen LogP contribution in [0.4, 0.5) is 0 Å². The Hall–Kier alpha value is -0.420. The van der Waals surface area contributed by atoms with Gasteiger partial charge in [-0.05, 0) is 0 Å². The molecule has 0 aliphatic rings. The Kier molecular flexibility index (Phi) is 3.68. The molecule has 0 amide bonds. The molecule has 0 atom stereocenters. The molecule has 5 heteroatoms. The monoisotopic (exact) mass is 249 g/mol. The molecule has 0 fully saturated rings. The summed E-state index contributed by atoms with van der Waals surface area (Å²) < 4.78 is 0. The highest BCUT2D eigenvalue weighted by atomic mass is 79.9. The highest BCUT2D eigenvalue weighted by Gasteiger charge is 2.03. The summed E-state index contributed by atoms with van der Waals surface area (Å²) >= 11 is 4.83. The number of halogens is 1. The van der Waals surface area contributed by atoms with Crippen LogP contribution in [0.2, 0.25) is 0 Å². The highest BCUT2D eigenvalue weighted by Crippen LogP contribution is 2.13. The van der Waals surface area contributed by atoms with E-state index in [-0.39, 0.29) is 6.42 Å². The molecule has 0 spiro atoms. The molecule has 0 radical (unpaired) electrons. The second kappa shape index (κ2) is 4.57. The van der Waals surface area contributed by atoms with E-state index < -0.39 is 5.97 Å². The number of carboxylic acid groups (broad SMARTS) is 1. The second-order valence-electron chi connectivity index (χ2n) is 2.26. The topological polar surface area (TPSA) is 50.2 Å². The maximum Gasteiger partial charge on any atom is 0.303 e. The smallest absolute Gasteiger partial charge is 0.303 e. The number of hydrogen-bond acceptors (Lipinski definition) is 3. The Balaban J connectivity index is 2.47. The van der Waals surface area contributed by atoms with Gasteiger partial charge in [-0.25, -0.2) is 4.98 Å². The minimum Gasteiger partial charge on any atom is -0.481 e. The van der Waals surface area contributed by atoms with Gasteiger partial charge in [0, 0.05) is 11.8 Å². The Bertz CT molecular complexity index is 274. The molecule has 12 heavy (non-hydrogen) atoms. The van der Waals surface area contributed by atoms with Crippen LogP contribution in [0.5, 0.6) is 0 Å². The Morgan fingerprint density at radius 3 is 3.00 bits per heavy atom. The zero-order chi connectivity index (χ0) is 8.97. The third-order valence-electron chi connectivity index (χ3n) is 1.31. The molecule has 1 N–H and O–H groups in total. The predicted octanol–water partition coefficient (Wildman–Crippen LogP) is 2.06. The highest BCUT2D eigenvalue weighted by molar-refractivity contribution is 9.08. The molecule has 0 aromatic carbocycles. The summed E-state index contributed by atoms with van der Waals surface area (Å²) in [5.41, 5.74) is 0.872. The summed E-state index contributed by atoms with van der Waals surface area (Å²) in [6.45, 7) is 0. The molecule has 0 aliphatic carbocycles. The fourth-order valence-corrected chi connectivity index (χ4v) is 1.96. The number of carbonyl (C=O) groups is 1. The summed E-state index contributed by atoms with van der Waals surface area (Å²) in [5.74, 6) is -0.775. The lowest BCUT2D eigenvalue weighted by Crippen LogP contribution is -1.97. The van der Waals surface area contributed by atoms with Gasteiger partial charge in [-0.3, -0.25) is 4.79 Å². The van der Waals surface area contributed by atoms with Gasteiger partial charge in [0.1, 0.15) is 5.01 Å². The Morgan fingerprint density at radius 2 is 2.50 bits per heavy atom. The van der Waals surface area contributed by atoms with E-state index >= 15 is 0 Å². The molecule has 0 aliphatic heterocycles. The number of rotatable bonds is 4. The lowest BCUT2D eigenvalue weighted by Gasteiger charge is -1.89. The first kappa shape index (κ1) is 9.67. The quantitative estimate of drug-likeness (QED) is 0.832. The van der Waals surface area contributed by atoms with Crippen molar-refractivity contribution in [2.75, 3.05) is 0 Å². The van der Waals surface area contributed by atoms with Crippen molar-refractivity contribution in [1.82, 2.24) is 4.98 Å². The van der Waals surface area contributed by atoms with E-state index in [1.54, 1.807) is 11.3 Å². The first-order chi connectivity index (χ1) is 5.72. The van der Waals surface area contributed by atoms with Crippen LogP contribution < -0.4 is 0 Å². The van der Waals surface area contributed by atoms with Crippen molar-refractivity contribution in [3.8, 4) is 0 Å². The van der Waals surface area contributed by atoms with Gasteiger partial charge < -0.3 is 5.11 Å². The molecule has 1 rings (SSSR count). The number of aryl methyl sites for hydroxylation is 1. The van der Waals surface area contributed by atoms with Crippen molar-refractivity contribution in [2.24, 2.45) is 0 Å². The van der Waals surface area contributed by atoms with Gasteiger partial charge in [0.05, 0.1) is 17.4 Å². The van der Waals surface area contributed by atoms with Crippen molar-refractivity contribution < 1.29 is 9.90 Å². The molecule has 0 unspecified atom stereocenters. The molecule has 0 saturated carbocycles. The van der Waals surface area contributed by atoms with E-state index in [1.807, 2.05) is 5.38 Å². The van der Waals surface area contributed by atoms with Crippen LogP contribution in [-0.2, 0) is 16.5 Å². The number of aliphatic carboxylic acids is 1. The van der Waals surface area contributed by atoms with Gasteiger partial charge >= 0.3 is 5.97 Å². The summed E-state index contributed by atoms with van der Waals surface area (Å²) in [4.78, 5) is 14.4. The minimum atomic E-state index is -0.775. The average molecular weight is 250 g/mol. The predicted molar refractivity (Wildman–Crippen MR) is 50.7 cm³/mol.